The number of aliphatic carboxylic acids is 1. The van der Waals surface area contributed by atoms with Crippen molar-refractivity contribution in [1.82, 2.24) is 15.3 Å². The molecular weight excluding hydrogens is 527 g/mol. The summed E-state index contributed by atoms with van der Waals surface area (Å²) in [5, 5.41) is 22.0. The lowest BCUT2D eigenvalue weighted by Gasteiger charge is -2.39. The second kappa shape index (κ2) is 10.9. The van der Waals surface area contributed by atoms with E-state index in [4.69, 9.17) is 10.5 Å². The van der Waals surface area contributed by atoms with E-state index >= 15 is 0 Å². The van der Waals surface area contributed by atoms with Crippen molar-refractivity contribution >= 4 is 17.7 Å². The molecule has 40 heavy (non-hydrogen) atoms. The van der Waals surface area contributed by atoms with E-state index in [1.807, 2.05) is 4.90 Å². The van der Waals surface area contributed by atoms with Gasteiger partial charge in [0.1, 0.15) is 11.9 Å². The van der Waals surface area contributed by atoms with E-state index in [0.717, 1.165) is 5.56 Å². The zero-order valence-corrected chi connectivity index (χ0v) is 21.6. The lowest BCUT2D eigenvalue weighted by molar-refractivity contribution is -0.198. The van der Waals surface area contributed by atoms with Gasteiger partial charge in [-0.1, -0.05) is 48.5 Å². The molecule has 0 radical (unpaired) electrons. The van der Waals surface area contributed by atoms with Crippen molar-refractivity contribution in [2.45, 2.75) is 44.2 Å². The predicted octanol–water partition coefficient (Wildman–Crippen LogP) is 3.93. The largest absolute Gasteiger partial charge is 0.480 e. The van der Waals surface area contributed by atoms with Crippen LogP contribution in [0.3, 0.4) is 0 Å². The maximum absolute atomic E-state index is 14.2. The molecule has 2 saturated heterocycles. The first-order chi connectivity index (χ1) is 19.1. The number of nitrogen functional groups attached to an aromatic ring is 1. The second-order valence-corrected chi connectivity index (χ2v) is 10.4. The summed E-state index contributed by atoms with van der Waals surface area (Å²) in [5.74, 6) is -1.02. The third-order valence-corrected chi connectivity index (χ3v) is 7.76. The molecule has 0 bridgehead atoms. The molecule has 0 aliphatic carbocycles. The summed E-state index contributed by atoms with van der Waals surface area (Å²) in [5.41, 5.74) is 7.67. The molecule has 2 aliphatic heterocycles. The third-order valence-electron chi connectivity index (χ3n) is 7.76. The zero-order chi connectivity index (χ0) is 28.5. The molecule has 3 aromatic rings. The van der Waals surface area contributed by atoms with E-state index in [-0.39, 0.29) is 29.4 Å². The van der Waals surface area contributed by atoms with Crippen LogP contribution in [0.1, 0.15) is 36.5 Å². The van der Waals surface area contributed by atoms with E-state index in [1.165, 1.54) is 18.2 Å². The van der Waals surface area contributed by atoms with Crippen molar-refractivity contribution in [1.29, 1.82) is 0 Å². The predicted molar refractivity (Wildman–Crippen MR) is 142 cm³/mol. The van der Waals surface area contributed by atoms with Crippen molar-refractivity contribution in [3.63, 3.8) is 0 Å². The van der Waals surface area contributed by atoms with E-state index in [2.05, 4.69) is 15.3 Å². The molecule has 5 N–H and O–H groups in total. The van der Waals surface area contributed by atoms with Gasteiger partial charge in [0.2, 0.25) is 17.9 Å². The summed E-state index contributed by atoms with van der Waals surface area (Å²) in [6, 6.07) is 13.7. The molecule has 12 heteroatoms. The number of carbonyl (C=O) groups is 1. The Morgan fingerprint density at radius 2 is 1.85 bits per heavy atom. The number of hydrogen-bond donors (Lipinski definition) is 4. The second-order valence-electron chi connectivity index (χ2n) is 10.4. The number of ether oxygens (including phenoxy) is 1. The van der Waals surface area contributed by atoms with Crippen LogP contribution in [0.5, 0.6) is 5.88 Å². The standard InChI is InChI=1S/C28H30F3N5O4/c29-28(30,31)24(18-7-5-17(6-8-18)20-4-2-1-3-19(20)15-37)40-23-13-22(34-26(32)35-23)36-11-9-27(10-12-36)14-21(25(38)39)33-16-27/h1-8,13,21,24,33,37H,9-12,14-16H2,(H,38,39)(H2,32,34,35)/t21-,24?/m0/s1. The van der Waals surface area contributed by atoms with Gasteiger partial charge in [0.05, 0.1) is 6.61 Å². The van der Waals surface area contributed by atoms with Crippen molar-refractivity contribution in [3.05, 3.63) is 65.7 Å². The number of carboxylic acids is 1. The number of rotatable bonds is 7. The summed E-state index contributed by atoms with van der Waals surface area (Å²) in [6.45, 7) is 1.50. The maximum atomic E-state index is 14.2. The van der Waals surface area contributed by atoms with Crippen LogP contribution in [-0.4, -0.2) is 58.0 Å². The molecule has 2 atom stereocenters. The average molecular weight is 558 g/mol. The van der Waals surface area contributed by atoms with Gasteiger partial charge in [-0.2, -0.15) is 23.1 Å². The Morgan fingerprint density at radius 1 is 1.15 bits per heavy atom. The molecule has 5 rings (SSSR count). The quantitative estimate of drug-likeness (QED) is 0.341. The van der Waals surface area contributed by atoms with E-state index in [0.29, 0.717) is 55.8 Å². The summed E-state index contributed by atoms with van der Waals surface area (Å²) >= 11 is 0. The highest BCUT2D eigenvalue weighted by molar-refractivity contribution is 5.74. The highest BCUT2D eigenvalue weighted by Gasteiger charge is 2.45. The number of benzene rings is 2. The number of alkyl halides is 3. The highest BCUT2D eigenvalue weighted by Crippen LogP contribution is 2.41. The van der Waals surface area contributed by atoms with E-state index < -0.39 is 24.3 Å². The van der Waals surface area contributed by atoms with Crippen LogP contribution in [0.4, 0.5) is 24.9 Å². The van der Waals surface area contributed by atoms with Gasteiger partial charge in [0, 0.05) is 31.3 Å². The van der Waals surface area contributed by atoms with Crippen LogP contribution >= 0.6 is 0 Å². The molecular formula is C28H30F3N5O4. The first-order valence-electron chi connectivity index (χ1n) is 13.0. The number of aliphatic hydroxyl groups is 1. The Hall–Kier alpha value is -3.90. The Bertz CT molecular complexity index is 1360. The molecule has 212 valence electrons. The normalized spacial score (nSPS) is 19.5. The first kappa shape index (κ1) is 27.7. The minimum Gasteiger partial charge on any atom is -0.480 e. The van der Waals surface area contributed by atoms with Crippen LogP contribution in [-0.2, 0) is 11.4 Å². The van der Waals surface area contributed by atoms with Crippen LogP contribution in [0, 0.1) is 5.41 Å². The molecule has 9 nitrogen and oxygen atoms in total. The number of halogens is 3. The number of anilines is 2. The first-order valence-corrected chi connectivity index (χ1v) is 13.0. The van der Waals surface area contributed by atoms with Crippen LogP contribution in [0.25, 0.3) is 11.1 Å². The van der Waals surface area contributed by atoms with Gasteiger partial charge in [-0.3, -0.25) is 4.79 Å². The number of aliphatic hydroxyl groups excluding tert-OH is 1. The molecule has 0 saturated carbocycles. The number of piperidine rings is 1. The van der Waals surface area contributed by atoms with Crippen LogP contribution in [0.15, 0.2) is 54.6 Å². The Kier molecular flexibility index (Phi) is 7.56. The number of aromatic nitrogens is 2. The average Bonchev–Trinajstić information content (AvgIpc) is 3.35. The fourth-order valence-electron chi connectivity index (χ4n) is 5.56. The zero-order valence-electron chi connectivity index (χ0n) is 21.6. The monoisotopic (exact) mass is 557 g/mol. The van der Waals surface area contributed by atoms with Crippen molar-refractivity contribution in [2.75, 3.05) is 30.3 Å². The lowest BCUT2D eigenvalue weighted by Crippen LogP contribution is -2.41. The number of nitrogens with zero attached hydrogens (tertiary/aromatic N) is 3. The molecule has 3 heterocycles. The highest BCUT2D eigenvalue weighted by atomic mass is 19.4. The van der Waals surface area contributed by atoms with Gasteiger partial charge in [0.25, 0.3) is 0 Å². The number of nitrogens with one attached hydrogen (secondary N) is 1. The van der Waals surface area contributed by atoms with Gasteiger partial charge in [-0.05, 0) is 41.4 Å². The van der Waals surface area contributed by atoms with Crippen LogP contribution < -0.4 is 20.7 Å². The Labute approximate surface area is 228 Å². The number of hydrogen-bond acceptors (Lipinski definition) is 8. The molecule has 2 fully saturated rings. The molecule has 1 spiro atoms. The van der Waals surface area contributed by atoms with Crippen molar-refractivity contribution in [3.8, 4) is 17.0 Å². The molecule has 0 amide bonds. The molecule has 2 aromatic carbocycles. The number of carboxylic acid groups (broad SMARTS) is 1. The van der Waals surface area contributed by atoms with Crippen LogP contribution in [0.2, 0.25) is 0 Å². The van der Waals surface area contributed by atoms with Gasteiger partial charge in [-0.15, -0.1) is 0 Å². The van der Waals surface area contributed by atoms with E-state index in [9.17, 15) is 28.2 Å². The summed E-state index contributed by atoms with van der Waals surface area (Å²) < 4.78 is 47.9. The molecule has 1 unspecified atom stereocenters. The maximum Gasteiger partial charge on any atom is 0.429 e. The summed E-state index contributed by atoms with van der Waals surface area (Å²) in [4.78, 5) is 21.4. The van der Waals surface area contributed by atoms with Crippen molar-refractivity contribution in [2.24, 2.45) is 5.41 Å². The van der Waals surface area contributed by atoms with Crippen molar-refractivity contribution < 1.29 is 32.9 Å². The smallest absolute Gasteiger partial charge is 0.429 e. The van der Waals surface area contributed by atoms with E-state index in [1.54, 1.807) is 36.4 Å². The van der Waals surface area contributed by atoms with Gasteiger partial charge in [-0.25, -0.2) is 0 Å². The SMILES string of the molecule is Nc1nc(OC(c2ccc(-c3ccccc3CO)cc2)C(F)(F)F)cc(N2CCC3(CC2)CN[C@H](C(=O)O)C3)n1. The third kappa shape index (κ3) is 5.82. The molecule has 2 aliphatic rings. The van der Waals surface area contributed by atoms with Gasteiger partial charge < -0.3 is 30.9 Å². The lowest BCUT2D eigenvalue weighted by atomic mass is 9.76. The fourth-order valence-corrected chi connectivity index (χ4v) is 5.56. The minimum absolute atomic E-state index is 0.113. The minimum atomic E-state index is -4.74. The summed E-state index contributed by atoms with van der Waals surface area (Å²) in [6.07, 6.45) is -5.08. The van der Waals surface area contributed by atoms with Gasteiger partial charge >= 0.3 is 12.1 Å². The Balaban J connectivity index is 1.33. The number of nitrogens with two attached hydrogens (primary N) is 1. The van der Waals surface area contributed by atoms with Gasteiger partial charge in [0.15, 0.2) is 0 Å². The fraction of sp³-hybridized carbons (Fsp3) is 0.393. The summed E-state index contributed by atoms with van der Waals surface area (Å²) in [7, 11) is 0. The molecule has 1 aromatic heterocycles. The topological polar surface area (TPSA) is 134 Å². The Morgan fingerprint density at radius 3 is 2.48 bits per heavy atom.